The molecule has 0 aromatic heterocycles. The standard InChI is InChI=1S/C20H25N/c1-7-9-13-16(3)20(5,6)17(4)19(8-2)21-18-14-11-10-12-15-18/h7-15,21H,1,3-4H2,2,5-6H3/b13-9-,19-8+. The van der Waals surface area contributed by atoms with Gasteiger partial charge >= 0.3 is 0 Å². The van der Waals surface area contributed by atoms with Gasteiger partial charge in [0.15, 0.2) is 0 Å². The molecule has 1 heteroatoms. The minimum atomic E-state index is -0.233. The molecule has 1 N–H and O–H groups in total. The molecule has 0 unspecified atom stereocenters. The first-order valence-corrected chi connectivity index (χ1v) is 7.10. The van der Waals surface area contributed by atoms with Gasteiger partial charge in [0, 0.05) is 16.8 Å². The van der Waals surface area contributed by atoms with E-state index in [2.05, 4.69) is 38.9 Å². The van der Waals surface area contributed by atoms with Crippen molar-refractivity contribution in [3.8, 4) is 0 Å². The average Bonchev–Trinajstić information content (AvgIpc) is 2.50. The number of hydrogen-bond acceptors (Lipinski definition) is 1. The molecule has 0 bridgehead atoms. The van der Waals surface area contributed by atoms with Crippen molar-refractivity contribution in [1.29, 1.82) is 0 Å². The Morgan fingerprint density at radius 2 is 1.76 bits per heavy atom. The van der Waals surface area contributed by atoms with Gasteiger partial charge in [0.2, 0.25) is 0 Å². The van der Waals surface area contributed by atoms with Crippen LogP contribution in [-0.4, -0.2) is 0 Å². The lowest BCUT2D eigenvalue weighted by atomic mass is 9.76. The lowest BCUT2D eigenvalue weighted by Gasteiger charge is -2.30. The summed E-state index contributed by atoms with van der Waals surface area (Å²) in [6.07, 6.45) is 7.68. The first kappa shape index (κ1) is 16.8. The SMILES string of the molecule is C=C/C=C\C(=C)C(C)(C)C(=C)/C(=C\C)Nc1ccccc1. The number of hydrogen-bond donors (Lipinski definition) is 1. The summed E-state index contributed by atoms with van der Waals surface area (Å²) in [5.41, 5.74) is 3.84. The van der Waals surface area contributed by atoms with E-state index in [0.29, 0.717) is 0 Å². The van der Waals surface area contributed by atoms with E-state index >= 15 is 0 Å². The lowest BCUT2D eigenvalue weighted by molar-refractivity contribution is 0.563. The fourth-order valence-electron chi connectivity index (χ4n) is 1.92. The third-order valence-electron chi connectivity index (χ3n) is 3.66. The molecule has 0 fully saturated rings. The molecule has 0 aliphatic heterocycles. The normalized spacial score (nSPS) is 12.2. The molecule has 1 nitrogen and oxygen atoms in total. The Labute approximate surface area is 129 Å². The van der Waals surface area contributed by atoms with Gasteiger partial charge in [-0.15, -0.1) is 0 Å². The molecule has 0 saturated heterocycles. The van der Waals surface area contributed by atoms with Gasteiger partial charge in [-0.1, -0.05) is 76.1 Å². The fraction of sp³-hybridized carbons (Fsp3) is 0.200. The maximum Gasteiger partial charge on any atom is 0.0384 e. The van der Waals surface area contributed by atoms with E-state index < -0.39 is 0 Å². The van der Waals surface area contributed by atoms with Gasteiger partial charge in [0.1, 0.15) is 0 Å². The van der Waals surface area contributed by atoms with Crippen molar-refractivity contribution >= 4 is 5.69 Å². The van der Waals surface area contributed by atoms with Crippen LogP contribution < -0.4 is 5.32 Å². The molecule has 110 valence electrons. The second-order valence-corrected chi connectivity index (χ2v) is 5.42. The zero-order chi connectivity index (χ0) is 15.9. The average molecular weight is 279 g/mol. The van der Waals surface area contributed by atoms with Crippen LogP contribution in [0.2, 0.25) is 0 Å². The minimum absolute atomic E-state index is 0.233. The molecule has 0 heterocycles. The van der Waals surface area contributed by atoms with E-state index in [9.17, 15) is 0 Å². The van der Waals surface area contributed by atoms with Crippen LogP contribution in [-0.2, 0) is 0 Å². The number of allylic oxidation sites excluding steroid dienone is 6. The highest BCUT2D eigenvalue weighted by atomic mass is 14.9. The zero-order valence-corrected chi connectivity index (χ0v) is 13.3. The quantitative estimate of drug-likeness (QED) is 0.614. The van der Waals surface area contributed by atoms with Crippen molar-refractivity contribution in [3.63, 3.8) is 0 Å². The number of benzene rings is 1. The molecule has 1 aromatic rings. The van der Waals surface area contributed by atoms with E-state index in [1.807, 2.05) is 55.5 Å². The molecule has 0 aliphatic rings. The van der Waals surface area contributed by atoms with Gasteiger partial charge in [0.25, 0.3) is 0 Å². The van der Waals surface area contributed by atoms with Gasteiger partial charge in [-0.25, -0.2) is 0 Å². The van der Waals surface area contributed by atoms with Gasteiger partial charge < -0.3 is 5.32 Å². The highest BCUT2D eigenvalue weighted by Gasteiger charge is 2.26. The van der Waals surface area contributed by atoms with Crippen LogP contribution in [0.1, 0.15) is 20.8 Å². The van der Waals surface area contributed by atoms with Crippen LogP contribution in [0, 0.1) is 5.41 Å². The van der Waals surface area contributed by atoms with E-state index in [-0.39, 0.29) is 5.41 Å². The maximum absolute atomic E-state index is 4.27. The second kappa shape index (κ2) is 7.49. The molecule has 0 radical (unpaired) electrons. The Bertz CT molecular complexity index is 571. The molecule has 0 amide bonds. The number of para-hydroxylation sites is 1. The topological polar surface area (TPSA) is 12.0 Å². The van der Waals surface area contributed by atoms with Crippen LogP contribution in [0.15, 0.2) is 91.2 Å². The van der Waals surface area contributed by atoms with Crippen molar-refractivity contribution in [3.05, 3.63) is 91.2 Å². The van der Waals surface area contributed by atoms with Crippen LogP contribution in [0.5, 0.6) is 0 Å². The van der Waals surface area contributed by atoms with E-state index in [1.54, 1.807) is 6.08 Å². The van der Waals surface area contributed by atoms with Crippen LogP contribution in [0.4, 0.5) is 5.69 Å². The Morgan fingerprint density at radius 1 is 1.14 bits per heavy atom. The maximum atomic E-state index is 4.27. The summed E-state index contributed by atoms with van der Waals surface area (Å²) in [5.74, 6) is 0. The van der Waals surface area contributed by atoms with Crippen LogP contribution in [0.25, 0.3) is 0 Å². The number of nitrogens with one attached hydrogen (secondary N) is 1. The van der Waals surface area contributed by atoms with Crippen LogP contribution >= 0.6 is 0 Å². The molecule has 1 rings (SSSR count). The predicted molar refractivity (Wildman–Crippen MR) is 95.2 cm³/mol. The highest BCUT2D eigenvalue weighted by Crippen LogP contribution is 2.37. The summed E-state index contributed by atoms with van der Waals surface area (Å²) in [5, 5.41) is 3.42. The Hall–Kier alpha value is -2.28. The first-order chi connectivity index (χ1) is 9.93. The van der Waals surface area contributed by atoms with Gasteiger partial charge in [0.05, 0.1) is 0 Å². The van der Waals surface area contributed by atoms with Crippen molar-refractivity contribution in [2.24, 2.45) is 5.41 Å². The summed E-state index contributed by atoms with van der Waals surface area (Å²) in [7, 11) is 0. The lowest BCUT2D eigenvalue weighted by Crippen LogP contribution is -2.20. The predicted octanol–water partition coefficient (Wildman–Crippen LogP) is 5.88. The van der Waals surface area contributed by atoms with Crippen molar-refractivity contribution in [2.45, 2.75) is 20.8 Å². The van der Waals surface area contributed by atoms with E-state index in [1.165, 1.54) is 0 Å². The summed E-state index contributed by atoms with van der Waals surface area (Å²) in [6, 6.07) is 10.1. The summed E-state index contributed by atoms with van der Waals surface area (Å²) < 4.78 is 0. The summed E-state index contributed by atoms with van der Waals surface area (Å²) in [4.78, 5) is 0. The van der Waals surface area contributed by atoms with Gasteiger partial charge in [-0.3, -0.25) is 0 Å². The number of anilines is 1. The summed E-state index contributed by atoms with van der Waals surface area (Å²) >= 11 is 0. The third-order valence-corrected chi connectivity index (χ3v) is 3.66. The molecule has 0 aliphatic carbocycles. The van der Waals surface area contributed by atoms with E-state index in [0.717, 1.165) is 22.5 Å². The number of rotatable bonds is 7. The van der Waals surface area contributed by atoms with E-state index in [4.69, 9.17) is 0 Å². The Kier molecular flexibility index (Phi) is 5.98. The largest absolute Gasteiger partial charge is 0.356 e. The Balaban J connectivity index is 2.95. The van der Waals surface area contributed by atoms with Gasteiger partial charge in [-0.2, -0.15) is 0 Å². The minimum Gasteiger partial charge on any atom is -0.356 e. The fourth-order valence-corrected chi connectivity index (χ4v) is 1.92. The van der Waals surface area contributed by atoms with Crippen molar-refractivity contribution in [2.75, 3.05) is 5.32 Å². The molecular weight excluding hydrogens is 254 g/mol. The van der Waals surface area contributed by atoms with Crippen molar-refractivity contribution in [1.82, 2.24) is 0 Å². The summed E-state index contributed by atoms with van der Waals surface area (Å²) in [6.45, 7) is 18.4. The molecule has 0 spiro atoms. The zero-order valence-electron chi connectivity index (χ0n) is 13.3. The molecular formula is C20H25N. The van der Waals surface area contributed by atoms with Crippen molar-refractivity contribution < 1.29 is 0 Å². The smallest absolute Gasteiger partial charge is 0.0384 e. The first-order valence-electron chi connectivity index (χ1n) is 7.10. The van der Waals surface area contributed by atoms with Crippen LogP contribution in [0.3, 0.4) is 0 Å². The monoisotopic (exact) mass is 279 g/mol. The van der Waals surface area contributed by atoms with Gasteiger partial charge in [-0.05, 0) is 30.2 Å². The second-order valence-electron chi connectivity index (χ2n) is 5.42. The third kappa shape index (κ3) is 4.35. The molecule has 21 heavy (non-hydrogen) atoms. The molecule has 0 atom stereocenters. The Morgan fingerprint density at radius 3 is 2.29 bits per heavy atom. The molecule has 0 saturated carbocycles. The highest BCUT2D eigenvalue weighted by molar-refractivity contribution is 5.55. The molecule has 1 aromatic carbocycles.